The number of nitrogens with one attached hydrogen (secondary N) is 1. The Morgan fingerprint density at radius 1 is 1.06 bits per heavy atom. The summed E-state index contributed by atoms with van der Waals surface area (Å²) < 4.78 is 6.89. The van der Waals surface area contributed by atoms with Crippen LogP contribution < -0.4 is 10.1 Å². The molecule has 0 aliphatic rings. The zero-order chi connectivity index (χ0) is 23.8. The number of amides is 2. The summed E-state index contributed by atoms with van der Waals surface area (Å²) in [6, 6.07) is 11.2. The van der Waals surface area contributed by atoms with E-state index in [0.717, 1.165) is 26.7 Å². The molecule has 32 heavy (non-hydrogen) atoms. The van der Waals surface area contributed by atoms with Crippen molar-refractivity contribution in [2.24, 2.45) is 5.92 Å². The number of hydrogen-bond acceptors (Lipinski definition) is 3. The van der Waals surface area contributed by atoms with Crippen molar-refractivity contribution in [3.05, 3.63) is 63.1 Å². The van der Waals surface area contributed by atoms with Gasteiger partial charge in [0, 0.05) is 17.6 Å². The molecule has 0 radical (unpaired) electrons. The topological polar surface area (TPSA) is 58.6 Å². The molecule has 6 heteroatoms. The lowest BCUT2D eigenvalue weighted by atomic mass is 10.1. The van der Waals surface area contributed by atoms with Crippen molar-refractivity contribution in [3.63, 3.8) is 0 Å². The molecule has 0 aliphatic carbocycles. The SMILES string of the molecule is CC[C@H](C(=O)NCC(C)C)N(Cc1ccccc1C)C(=O)COc1cc(C)c(Br)c(C)c1. The van der Waals surface area contributed by atoms with E-state index in [1.54, 1.807) is 4.90 Å². The van der Waals surface area contributed by atoms with E-state index >= 15 is 0 Å². The van der Waals surface area contributed by atoms with Gasteiger partial charge in [-0.15, -0.1) is 0 Å². The predicted octanol–water partition coefficient (Wildman–Crippen LogP) is 5.33. The fourth-order valence-corrected chi connectivity index (χ4v) is 3.76. The number of rotatable bonds is 10. The van der Waals surface area contributed by atoms with Crippen molar-refractivity contribution >= 4 is 27.7 Å². The Morgan fingerprint density at radius 2 is 1.69 bits per heavy atom. The summed E-state index contributed by atoms with van der Waals surface area (Å²) in [5.41, 5.74) is 4.20. The van der Waals surface area contributed by atoms with Crippen LogP contribution in [0.15, 0.2) is 40.9 Å². The molecule has 0 heterocycles. The highest BCUT2D eigenvalue weighted by atomic mass is 79.9. The Labute approximate surface area is 200 Å². The molecule has 2 amide bonds. The molecule has 174 valence electrons. The van der Waals surface area contributed by atoms with E-state index in [0.29, 0.717) is 31.2 Å². The van der Waals surface area contributed by atoms with Crippen LogP contribution >= 0.6 is 15.9 Å². The number of aryl methyl sites for hydroxylation is 3. The summed E-state index contributed by atoms with van der Waals surface area (Å²) in [5.74, 6) is 0.644. The van der Waals surface area contributed by atoms with Crippen LogP contribution in [0, 0.1) is 26.7 Å². The third kappa shape index (κ3) is 7.09. The third-order valence-corrected chi connectivity index (χ3v) is 6.70. The Bertz CT molecular complexity index is 919. The number of halogens is 1. The van der Waals surface area contributed by atoms with Gasteiger partial charge in [0.2, 0.25) is 5.91 Å². The molecule has 0 unspecified atom stereocenters. The van der Waals surface area contributed by atoms with Crippen molar-refractivity contribution < 1.29 is 14.3 Å². The Hall–Kier alpha value is -2.34. The molecular formula is C26H35BrN2O3. The Kier molecular flexibility index (Phi) is 9.76. The summed E-state index contributed by atoms with van der Waals surface area (Å²) >= 11 is 3.55. The van der Waals surface area contributed by atoms with Crippen LogP contribution in [-0.2, 0) is 16.1 Å². The maximum Gasteiger partial charge on any atom is 0.261 e. The van der Waals surface area contributed by atoms with E-state index in [4.69, 9.17) is 4.74 Å². The summed E-state index contributed by atoms with van der Waals surface area (Å²) in [5, 5.41) is 2.98. The van der Waals surface area contributed by atoms with Gasteiger partial charge in [0.15, 0.2) is 6.61 Å². The first-order chi connectivity index (χ1) is 15.1. The van der Waals surface area contributed by atoms with E-state index < -0.39 is 6.04 Å². The monoisotopic (exact) mass is 502 g/mol. The molecule has 0 fully saturated rings. The standard InChI is InChI=1S/C26H35BrN2O3/c1-7-23(26(31)28-14-17(2)3)29(15-21-11-9-8-10-18(21)4)24(30)16-32-22-12-19(5)25(27)20(6)13-22/h8-13,17,23H,7,14-16H2,1-6H3,(H,28,31)/t23-/m1/s1. The first-order valence-corrected chi connectivity index (χ1v) is 11.9. The van der Waals surface area contributed by atoms with E-state index in [2.05, 4.69) is 21.2 Å². The summed E-state index contributed by atoms with van der Waals surface area (Å²) in [4.78, 5) is 27.9. The number of carbonyl (C=O) groups excluding carboxylic acids is 2. The Morgan fingerprint density at radius 3 is 2.25 bits per heavy atom. The first kappa shape index (κ1) is 25.9. The highest BCUT2D eigenvalue weighted by Gasteiger charge is 2.29. The van der Waals surface area contributed by atoms with E-state index in [1.807, 2.05) is 77.9 Å². The summed E-state index contributed by atoms with van der Waals surface area (Å²) in [7, 11) is 0. The molecule has 2 aromatic rings. The average Bonchev–Trinajstić information content (AvgIpc) is 2.75. The largest absolute Gasteiger partial charge is 0.484 e. The minimum Gasteiger partial charge on any atom is -0.484 e. The van der Waals surface area contributed by atoms with Gasteiger partial charge in [0.1, 0.15) is 11.8 Å². The number of carbonyl (C=O) groups is 2. The van der Waals surface area contributed by atoms with Gasteiger partial charge in [0.25, 0.3) is 5.91 Å². The number of ether oxygens (including phenoxy) is 1. The van der Waals surface area contributed by atoms with Gasteiger partial charge in [-0.3, -0.25) is 9.59 Å². The molecule has 0 saturated heterocycles. The van der Waals surface area contributed by atoms with Gasteiger partial charge >= 0.3 is 0 Å². The lowest BCUT2D eigenvalue weighted by molar-refractivity contribution is -0.143. The second-order valence-corrected chi connectivity index (χ2v) is 9.46. The fraction of sp³-hybridized carbons (Fsp3) is 0.462. The molecule has 2 aromatic carbocycles. The highest BCUT2D eigenvalue weighted by molar-refractivity contribution is 9.10. The minimum absolute atomic E-state index is 0.125. The maximum absolute atomic E-state index is 13.3. The normalized spacial score (nSPS) is 11.9. The van der Waals surface area contributed by atoms with Crippen molar-refractivity contribution in [2.75, 3.05) is 13.2 Å². The molecule has 0 aromatic heterocycles. The molecule has 1 atom stereocenters. The minimum atomic E-state index is -0.558. The number of benzene rings is 2. The summed E-state index contributed by atoms with van der Waals surface area (Å²) in [6.07, 6.45) is 0.526. The van der Waals surface area contributed by atoms with Crippen molar-refractivity contribution in [1.29, 1.82) is 0 Å². The zero-order valence-electron chi connectivity index (χ0n) is 20.0. The maximum atomic E-state index is 13.3. The molecule has 5 nitrogen and oxygen atoms in total. The number of hydrogen-bond donors (Lipinski definition) is 1. The van der Waals surface area contributed by atoms with Crippen LogP contribution in [0.3, 0.4) is 0 Å². The van der Waals surface area contributed by atoms with Gasteiger partial charge in [-0.1, -0.05) is 61.0 Å². The molecule has 1 N–H and O–H groups in total. The lowest BCUT2D eigenvalue weighted by Crippen LogP contribution is -2.50. The van der Waals surface area contributed by atoms with Gasteiger partial charge in [-0.05, 0) is 67.5 Å². The van der Waals surface area contributed by atoms with Crippen molar-refractivity contribution in [2.45, 2.75) is 60.5 Å². The molecule has 2 rings (SSSR count). The fourth-order valence-electron chi connectivity index (χ4n) is 3.53. The first-order valence-electron chi connectivity index (χ1n) is 11.1. The predicted molar refractivity (Wildman–Crippen MR) is 133 cm³/mol. The quantitative estimate of drug-likeness (QED) is 0.477. The van der Waals surface area contributed by atoms with Gasteiger partial charge in [-0.2, -0.15) is 0 Å². The molecule has 0 spiro atoms. The van der Waals surface area contributed by atoms with Crippen LogP contribution in [0.1, 0.15) is 49.4 Å². The molecular weight excluding hydrogens is 468 g/mol. The van der Waals surface area contributed by atoms with Crippen LogP contribution in [0.25, 0.3) is 0 Å². The van der Waals surface area contributed by atoms with Crippen LogP contribution in [0.4, 0.5) is 0 Å². The van der Waals surface area contributed by atoms with E-state index in [-0.39, 0.29) is 18.4 Å². The lowest BCUT2D eigenvalue weighted by Gasteiger charge is -2.31. The summed E-state index contributed by atoms with van der Waals surface area (Å²) in [6.45, 7) is 12.8. The smallest absolute Gasteiger partial charge is 0.261 e. The van der Waals surface area contributed by atoms with E-state index in [1.165, 1.54) is 0 Å². The van der Waals surface area contributed by atoms with Gasteiger partial charge < -0.3 is 15.0 Å². The Balaban J connectivity index is 2.24. The van der Waals surface area contributed by atoms with Crippen molar-refractivity contribution in [3.8, 4) is 5.75 Å². The molecule has 0 aliphatic heterocycles. The number of nitrogens with zero attached hydrogens (tertiary/aromatic N) is 1. The van der Waals surface area contributed by atoms with Crippen LogP contribution in [-0.4, -0.2) is 35.9 Å². The second kappa shape index (κ2) is 12.0. The van der Waals surface area contributed by atoms with E-state index in [9.17, 15) is 9.59 Å². The van der Waals surface area contributed by atoms with Crippen molar-refractivity contribution in [1.82, 2.24) is 10.2 Å². The van der Waals surface area contributed by atoms with Gasteiger partial charge in [0.05, 0.1) is 0 Å². The highest BCUT2D eigenvalue weighted by Crippen LogP contribution is 2.26. The zero-order valence-corrected chi connectivity index (χ0v) is 21.6. The van der Waals surface area contributed by atoms with Crippen LogP contribution in [0.2, 0.25) is 0 Å². The second-order valence-electron chi connectivity index (χ2n) is 8.67. The van der Waals surface area contributed by atoms with Crippen LogP contribution in [0.5, 0.6) is 5.75 Å². The molecule has 0 saturated carbocycles. The average molecular weight is 503 g/mol. The third-order valence-electron chi connectivity index (χ3n) is 5.44. The van der Waals surface area contributed by atoms with Gasteiger partial charge in [-0.25, -0.2) is 0 Å². The molecule has 0 bridgehead atoms.